The van der Waals surface area contributed by atoms with E-state index in [0.29, 0.717) is 11.4 Å². The number of hydrogen-bond acceptors (Lipinski definition) is 5. The molecule has 25 heavy (non-hydrogen) atoms. The molecule has 126 valence electrons. The van der Waals surface area contributed by atoms with E-state index in [1.54, 1.807) is 19.1 Å². The molecule has 0 spiro atoms. The molecule has 9 heteroatoms. The molecule has 1 aromatic heterocycles. The number of para-hydroxylation sites is 1. The number of hydrogen-bond donors (Lipinski definition) is 1. The van der Waals surface area contributed by atoms with E-state index < -0.39 is 4.92 Å². The van der Waals surface area contributed by atoms with E-state index in [1.807, 2.05) is 18.2 Å². The number of aromatic nitrogens is 2. The van der Waals surface area contributed by atoms with Gasteiger partial charge < -0.3 is 0 Å². The Hall–Kier alpha value is -3.26. The molecular formula is C16H12ClN5O3. The summed E-state index contributed by atoms with van der Waals surface area (Å²) in [6, 6.07) is 13.1. The van der Waals surface area contributed by atoms with Crippen LogP contribution in [0.25, 0.3) is 5.69 Å². The van der Waals surface area contributed by atoms with Crippen molar-refractivity contribution in [1.82, 2.24) is 9.78 Å². The highest BCUT2D eigenvalue weighted by atomic mass is 35.5. The number of nitrogens with zero attached hydrogens (tertiary/aromatic N) is 4. The number of rotatable bonds is 4. The second-order valence-corrected chi connectivity index (χ2v) is 5.56. The van der Waals surface area contributed by atoms with Gasteiger partial charge in [0.05, 0.1) is 22.0 Å². The summed E-state index contributed by atoms with van der Waals surface area (Å²) in [4.78, 5) is 22.8. The van der Waals surface area contributed by atoms with Gasteiger partial charge in [-0.1, -0.05) is 29.8 Å². The maximum atomic E-state index is 12.5. The van der Waals surface area contributed by atoms with Crippen molar-refractivity contribution in [2.75, 3.05) is 0 Å². The zero-order valence-electron chi connectivity index (χ0n) is 13.0. The van der Waals surface area contributed by atoms with Gasteiger partial charge in [0.25, 0.3) is 11.2 Å². The molecule has 1 heterocycles. The van der Waals surface area contributed by atoms with Crippen LogP contribution in [0.5, 0.6) is 0 Å². The van der Waals surface area contributed by atoms with Crippen molar-refractivity contribution >= 4 is 28.7 Å². The minimum absolute atomic E-state index is 0.00760. The van der Waals surface area contributed by atoms with Crippen molar-refractivity contribution in [3.05, 3.63) is 79.7 Å². The third-order valence-corrected chi connectivity index (χ3v) is 3.77. The first-order chi connectivity index (χ1) is 12.0. The Balaban J connectivity index is 1.98. The fourth-order valence-corrected chi connectivity index (χ4v) is 2.41. The van der Waals surface area contributed by atoms with Gasteiger partial charge in [0, 0.05) is 6.07 Å². The molecule has 0 amide bonds. The van der Waals surface area contributed by atoms with Crippen molar-refractivity contribution in [2.24, 2.45) is 10.2 Å². The monoisotopic (exact) mass is 357 g/mol. The van der Waals surface area contributed by atoms with Crippen LogP contribution in [0, 0.1) is 17.0 Å². The summed E-state index contributed by atoms with van der Waals surface area (Å²) >= 11 is 5.76. The zero-order valence-corrected chi connectivity index (χ0v) is 13.8. The van der Waals surface area contributed by atoms with Gasteiger partial charge in [0.15, 0.2) is 5.69 Å². The van der Waals surface area contributed by atoms with Gasteiger partial charge in [-0.05, 0) is 31.2 Å². The number of halogens is 1. The minimum atomic E-state index is -0.606. The second kappa shape index (κ2) is 6.70. The van der Waals surface area contributed by atoms with Gasteiger partial charge in [-0.3, -0.25) is 20.0 Å². The van der Waals surface area contributed by atoms with Crippen LogP contribution in [0.4, 0.5) is 17.1 Å². The average molecular weight is 358 g/mol. The normalized spacial score (nSPS) is 11.1. The molecule has 1 N–H and O–H groups in total. The molecule has 0 aliphatic carbocycles. The molecule has 3 aromatic rings. The van der Waals surface area contributed by atoms with Gasteiger partial charge in [-0.2, -0.15) is 5.11 Å². The van der Waals surface area contributed by atoms with E-state index in [1.165, 1.54) is 22.9 Å². The fourth-order valence-electron chi connectivity index (χ4n) is 2.23. The lowest BCUT2D eigenvalue weighted by molar-refractivity contribution is -0.384. The molecule has 3 rings (SSSR count). The van der Waals surface area contributed by atoms with Crippen LogP contribution < -0.4 is 5.56 Å². The lowest BCUT2D eigenvalue weighted by Gasteiger charge is -1.99. The predicted molar refractivity (Wildman–Crippen MR) is 93.4 cm³/mol. The summed E-state index contributed by atoms with van der Waals surface area (Å²) in [5.41, 5.74) is 0.908. The first-order valence-corrected chi connectivity index (χ1v) is 7.58. The van der Waals surface area contributed by atoms with Crippen LogP contribution in [0.2, 0.25) is 5.02 Å². The van der Waals surface area contributed by atoms with Crippen LogP contribution in [0.3, 0.4) is 0 Å². The molecule has 0 aliphatic rings. The largest absolute Gasteiger partial charge is 0.299 e. The first kappa shape index (κ1) is 16.6. The molecule has 0 atom stereocenters. The minimum Gasteiger partial charge on any atom is -0.293 e. The number of aromatic amines is 1. The summed E-state index contributed by atoms with van der Waals surface area (Å²) in [6.07, 6.45) is 0. The van der Waals surface area contributed by atoms with Crippen molar-refractivity contribution in [3.63, 3.8) is 0 Å². The summed E-state index contributed by atoms with van der Waals surface area (Å²) in [5, 5.41) is 21.7. The van der Waals surface area contributed by atoms with Gasteiger partial charge in [-0.15, -0.1) is 5.11 Å². The van der Waals surface area contributed by atoms with Crippen LogP contribution in [-0.4, -0.2) is 14.7 Å². The van der Waals surface area contributed by atoms with Gasteiger partial charge in [0.1, 0.15) is 5.02 Å². The zero-order chi connectivity index (χ0) is 18.0. The standard InChI is InChI=1S/C16H12ClN5O3/c1-10-15(16(23)21(20-10)12-5-3-2-4-6-12)19-18-11-7-8-13(17)14(9-11)22(24)25/h2-9,20H,1H3. The molecule has 2 aromatic carbocycles. The SMILES string of the molecule is Cc1[nH]n(-c2ccccc2)c(=O)c1N=Nc1ccc(Cl)c([N+](=O)[O-])c1. The number of H-pyrrole nitrogens is 1. The molecule has 0 radical (unpaired) electrons. The Bertz CT molecular complexity index is 1020. The lowest BCUT2D eigenvalue weighted by atomic mass is 10.3. The van der Waals surface area contributed by atoms with Crippen LogP contribution in [-0.2, 0) is 0 Å². The number of nitrogens with one attached hydrogen (secondary N) is 1. The van der Waals surface area contributed by atoms with Crippen LogP contribution in [0.15, 0.2) is 63.6 Å². The lowest BCUT2D eigenvalue weighted by Crippen LogP contribution is -2.13. The topological polar surface area (TPSA) is 106 Å². The van der Waals surface area contributed by atoms with Crippen LogP contribution in [0.1, 0.15) is 5.69 Å². The Labute approximate surface area is 146 Å². The predicted octanol–water partition coefficient (Wildman–Crippen LogP) is 4.45. The summed E-state index contributed by atoms with van der Waals surface area (Å²) in [6.45, 7) is 1.69. The van der Waals surface area contributed by atoms with Gasteiger partial charge in [0.2, 0.25) is 0 Å². The third-order valence-electron chi connectivity index (χ3n) is 3.45. The molecule has 0 aliphatic heterocycles. The number of aryl methyl sites for hydroxylation is 1. The Morgan fingerprint density at radius 1 is 1.16 bits per heavy atom. The summed E-state index contributed by atoms with van der Waals surface area (Å²) in [5.74, 6) is 0. The molecule has 0 unspecified atom stereocenters. The molecule has 8 nitrogen and oxygen atoms in total. The molecule has 0 saturated carbocycles. The third kappa shape index (κ3) is 3.33. The number of nitro groups is 1. The summed E-state index contributed by atoms with van der Waals surface area (Å²) in [7, 11) is 0. The first-order valence-electron chi connectivity index (χ1n) is 7.20. The highest BCUT2D eigenvalue weighted by Gasteiger charge is 2.14. The van der Waals surface area contributed by atoms with Crippen LogP contribution >= 0.6 is 11.6 Å². The Morgan fingerprint density at radius 3 is 2.56 bits per heavy atom. The maximum Gasteiger partial charge on any atom is 0.299 e. The fraction of sp³-hybridized carbons (Fsp3) is 0.0625. The highest BCUT2D eigenvalue weighted by molar-refractivity contribution is 6.32. The van der Waals surface area contributed by atoms with Crippen molar-refractivity contribution < 1.29 is 4.92 Å². The Kier molecular flexibility index (Phi) is 4.44. The molecule has 0 fully saturated rings. The maximum absolute atomic E-state index is 12.5. The Morgan fingerprint density at radius 2 is 1.88 bits per heavy atom. The van der Waals surface area contributed by atoms with Crippen molar-refractivity contribution in [2.45, 2.75) is 6.92 Å². The second-order valence-electron chi connectivity index (χ2n) is 5.15. The van der Waals surface area contributed by atoms with E-state index in [-0.39, 0.29) is 27.6 Å². The number of azo groups is 1. The number of nitro benzene ring substituents is 1. The smallest absolute Gasteiger partial charge is 0.293 e. The van der Waals surface area contributed by atoms with Crippen molar-refractivity contribution in [3.8, 4) is 5.69 Å². The van der Waals surface area contributed by atoms with Crippen molar-refractivity contribution in [1.29, 1.82) is 0 Å². The summed E-state index contributed by atoms with van der Waals surface area (Å²) < 4.78 is 1.36. The number of benzene rings is 2. The highest BCUT2D eigenvalue weighted by Crippen LogP contribution is 2.29. The quantitative estimate of drug-likeness (QED) is 0.423. The van der Waals surface area contributed by atoms with E-state index in [0.717, 1.165) is 0 Å². The molecular weight excluding hydrogens is 346 g/mol. The average Bonchev–Trinajstić information content (AvgIpc) is 2.89. The molecule has 0 saturated heterocycles. The van der Waals surface area contributed by atoms with E-state index in [2.05, 4.69) is 15.3 Å². The van der Waals surface area contributed by atoms with E-state index in [9.17, 15) is 14.9 Å². The van der Waals surface area contributed by atoms with E-state index >= 15 is 0 Å². The van der Waals surface area contributed by atoms with Gasteiger partial charge >= 0.3 is 0 Å². The van der Waals surface area contributed by atoms with E-state index in [4.69, 9.17) is 11.6 Å². The molecule has 0 bridgehead atoms. The van der Waals surface area contributed by atoms with Gasteiger partial charge in [-0.25, -0.2) is 4.68 Å².